The lowest BCUT2D eigenvalue weighted by molar-refractivity contribution is -0.137. The zero-order valence-electron chi connectivity index (χ0n) is 15.6. The van der Waals surface area contributed by atoms with Crippen molar-refractivity contribution in [1.29, 1.82) is 0 Å². The van der Waals surface area contributed by atoms with E-state index in [4.69, 9.17) is 0 Å². The lowest BCUT2D eigenvalue weighted by Crippen LogP contribution is -2.30. The maximum absolute atomic E-state index is 13.0. The third kappa shape index (κ3) is 6.09. The van der Waals surface area contributed by atoms with Crippen LogP contribution < -0.4 is 16.0 Å². The van der Waals surface area contributed by atoms with Gasteiger partial charge in [-0.2, -0.15) is 13.2 Å². The SMILES string of the molecule is CNC(=O)c1cccc(CNC(C)CC(=O)Nc2ccccc2C(F)(F)F)c1. The third-order valence-corrected chi connectivity index (χ3v) is 4.07. The zero-order valence-corrected chi connectivity index (χ0v) is 15.6. The Balaban J connectivity index is 1.91. The molecule has 8 heteroatoms. The normalized spacial score (nSPS) is 12.3. The van der Waals surface area contributed by atoms with Crippen LogP contribution in [-0.4, -0.2) is 24.9 Å². The van der Waals surface area contributed by atoms with E-state index in [9.17, 15) is 22.8 Å². The molecule has 0 aromatic heterocycles. The van der Waals surface area contributed by atoms with Crippen molar-refractivity contribution < 1.29 is 22.8 Å². The van der Waals surface area contributed by atoms with Crippen LogP contribution >= 0.6 is 0 Å². The summed E-state index contributed by atoms with van der Waals surface area (Å²) in [5.74, 6) is -0.714. The predicted octanol–water partition coefficient (Wildman–Crippen LogP) is 3.57. The van der Waals surface area contributed by atoms with Crippen molar-refractivity contribution in [3.05, 3.63) is 65.2 Å². The minimum absolute atomic E-state index is 0.00132. The van der Waals surface area contributed by atoms with Gasteiger partial charge in [0.25, 0.3) is 5.91 Å². The van der Waals surface area contributed by atoms with Crippen molar-refractivity contribution in [2.24, 2.45) is 0 Å². The van der Waals surface area contributed by atoms with Gasteiger partial charge in [0.15, 0.2) is 0 Å². The van der Waals surface area contributed by atoms with Gasteiger partial charge in [0, 0.05) is 31.6 Å². The molecular formula is C20H22F3N3O2. The minimum Gasteiger partial charge on any atom is -0.355 e. The Hall–Kier alpha value is -2.87. The van der Waals surface area contributed by atoms with Gasteiger partial charge < -0.3 is 16.0 Å². The Morgan fingerprint density at radius 2 is 1.79 bits per heavy atom. The van der Waals surface area contributed by atoms with Gasteiger partial charge in [-0.05, 0) is 36.8 Å². The van der Waals surface area contributed by atoms with Gasteiger partial charge in [-0.15, -0.1) is 0 Å². The maximum atomic E-state index is 13.0. The second-order valence-corrected chi connectivity index (χ2v) is 6.36. The second-order valence-electron chi connectivity index (χ2n) is 6.36. The molecule has 1 atom stereocenters. The summed E-state index contributed by atoms with van der Waals surface area (Å²) < 4.78 is 39.0. The Morgan fingerprint density at radius 1 is 1.07 bits per heavy atom. The van der Waals surface area contributed by atoms with Crippen molar-refractivity contribution in [2.45, 2.75) is 32.1 Å². The maximum Gasteiger partial charge on any atom is 0.418 e. The largest absolute Gasteiger partial charge is 0.418 e. The van der Waals surface area contributed by atoms with Crippen molar-refractivity contribution in [3.8, 4) is 0 Å². The van der Waals surface area contributed by atoms with Crippen LogP contribution in [0.15, 0.2) is 48.5 Å². The molecule has 0 aliphatic rings. The molecule has 5 nitrogen and oxygen atoms in total. The molecule has 28 heavy (non-hydrogen) atoms. The summed E-state index contributed by atoms with van der Waals surface area (Å²) in [6, 6.07) is 11.6. The molecule has 2 rings (SSSR count). The summed E-state index contributed by atoms with van der Waals surface area (Å²) in [5, 5.41) is 8.00. The molecule has 0 aliphatic carbocycles. The Bertz CT molecular complexity index is 837. The van der Waals surface area contributed by atoms with E-state index in [0.29, 0.717) is 12.1 Å². The third-order valence-electron chi connectivity index (χ3n) is 4.07. The van der Waals surface area contributed by atoms with Gasteiger partial charge in [0.1, 0.15) is 0 Å². The van der Waals surface area contributed by atoms with E-state index < -0.39 is 17.6 Å². The van der Waals surface area contributed by atoms with Gasteiger partial charge in [0.2, 0.25) is 5.91 Å². The summed E-state index contributed by atoms with van der Waals surface area (Å²) in [6.07, 6.45) is -4.54. The fourth-order valence-corrected chi connectivity index (χ4v) is 2.65. The number of carbonyl (C=O) groups is 2. The monoisotopic (exact) mass is 393 g/mol. The number of hydrogen-bond donors (Lipinski definition) is 3. The number of nitrogens with one attached hydrogen (secondary N) is 3. The molecule has 0 saturated carbocycles. The quantitative estimate of drug-likeness (QED) is 0.674. The van der Waals surface area contributed by atoms with Crippen LogP contribution in [0.25, 0.3) is 0 Å². The van der Waals surface area contributed by atoms with Crippen LogP contribution in [-0.2, 0) is 17.5 Å². The topological polar surface area (TPSA) is 70.2 Å². The highest BCUT2D eigenvalue weighted by Gasteiger charge is 2.33. The van der Waals surface area contributed by atoms with E-state index in [1.165, 1.54) is 18.2 Å². The number of rotatable bonds is 7. The number of amides is 2. The van der Waals surface area contributed by atoms with E-state index in [1.54, 1.807) is 32.2 Å². The molecule has 0 saturated heterocycles. The predicted molar refractivity (Wildman–Crippen MR) is 101 cm³/mol. The van der Waals surface area contributed by atoms with Crippen LogP contribution in [0.5, 0.6) is 0 Å². The van der Waals surface area contributed by atoms with Crippen LogP contribution in [0.2, 0.25) is 0 Å². The number of benzene rings is 2. The Labute approximate surface area is 161 Å². The smallest absolute Gasteiger partial charge is 0.355 e. The first-order chi connectivity index (χ1) is 13.2. The van der Waals surface area contributed by atoms with Gasteiger partial charge in [-0.1, -0.05) is 24.3 Å². The fraction of sp³-hybridized carbons (Fsp3) is 0.300. The summed E-state index contributed by atoms with van der Waals surface area (Å²) in [5.41, 5.74) is 0.243. The van der Waals surface area contributed by atoms with Gasteiger partial charge in [0.05, 0.1) is 11.3 Å². The number of halogens is 3. The molecule has 0 aliphatic heterocycles. The number of hydrogen-bond acceptors (Lipinski definition) is 3. The number of carbonyl (C=O) groups excluding carboxylic acids is 2. The van der Waals surface area contributed by atoms with Crippen molar-refractivity contribution in [2.75, 3.05) is 12.4 Å². The highest BCUT2D eigenvalue weighted by molar-refractivity contribution is 5.94. The van der Waals surface area contributed by atoms with Crippen molar-refractivity contribution >= 4 is 17.5 Å². The summed E-state index contributed by atoms with van der Waals surface area (Å²) in [6.45, 7) is 2.18. The van der Waals surface area contributed by atoms with Gasteiger partial charge in [-0.25, -0.2) is 0 Å². The molecule has 0 heterocycles. The van der Waals surface area contributed by atoms with Crippen LogP contribution in [0.1, 0.15) is 34.8 Å². The summed E-state index contributed by atoms with van der Waals surface area (Å²) in [7, 11) is 1.55. The minimum atomic E-state index is -4.54. The van der Waals surface area contributed by atoms with E-state index in [2.05, 4.69) is 16.0 Å². The summed E-state index contributed by atoms with van der Waals surface area (Å²) in [4.78, 5) is 23.8. The average Bonchev–Trinajstić information content (AvgIpc) is 2.65. The van der Waals surface area contributed by atoms with Crippen LogP contribution in [0.4, 0.5) is 18.9 Å². The molecule has 2 aromatic rings. The zero-order chi connectivity index (χ0) is 20.7. The molecule has 1 unspecified atom stereocenters. The molecule has 0 bridgehead atoms. The van der Waals surface area contributed by atoms with Crippen molar-refractivity contribution in [1.82, 2.24) is 10.6 Å². The molecular weight excluding hydrogens is 371 g/mol. The van der Waals surface area contributed by atoms with E-state index in [0.717, 1.165) is 11.6 Å². The first kappa shape index (κ1) is 21.4. The molecule has 2 aromatic carbocycles. The lowest BCUT2D eigenvalue weighted by Gasteiger charge is -2.16. The highest BCUT2D eigenvalue weighted by Crippen LogP contribution is 2.34. The number of alkyl halides is 3. The fourth-order valence-electron chi connectivity index (χ4n) is 2.65. The van der Waals surface area contributed by atoms with Crippen molar-refractivity contribution in [3.63, 3.8) is 0 Å². The standard InChI is InChI=1S/C20H22F3N3O2/c1-13(25-12-14-6-5-7-15(11-14)19(28)24-2)10-18(27)26-17-9-4-3-8-16(17)20(21,22)23/h3-9,11,13,25H,10,12H2,1-2H3,(H,24,28)(H,26,27). The molecule has 0 fully saturated rings. The van der Waals surface area contributed by atoms with Gasteiger partial charge >= 0.3 is 6.18 Å². The Kier molecular flexibility index (Phi) is 7.17. The number of para-hydroxylation sites is 1. The molecule has 0 radical (unpaired) electrons. The van der Waals surface area contributed by atoms with Gasteiger partial charge in [-0.3, -0.25) is 9.59 Å². The molecule has 2 amide bonds. The first-order valence-corrected chi connectivity index (χ1v) is 8.71. The second kappa shape index (κ2) is 9.36. The number of anilines is 1. The molecule has 0 spiro atoms. The summed E-state index contributed by atoms with van der Waals surface area (Å²) >= 11 is 0. The average molecular weight is 393 g/mol. The molecule has 150 valence electrons. The molecule has 3 N–H and O–H groups in total. The Morgan fingerprint density at radius 3 is 2.46 bits per heavy atom. The van der Waals surface area contributed by atoms with Crippen LogP contribution in [0, 0.1) is 0 Å². The van der Waals surface area contributed by atoms with E-state index in [1.807, 2.05) is 6.07 Å². The highest BCUT2D eigenvalue weighted by atomic mass is 19.4. The first-order valence-electron chi connectivity index (χ1n) is 8.71. The van der Waals surface area contributed by atoms with E-state index in [-0.39, 0.29) is 24.1 Å². The van der Waals surface area contributed by atoms with Crippen LogP contribution in [0.3, 0.4) is 0 Å². The van der Waals surface area contributed by atoms with E-state index >= 15 is 0 Å². The lowest BCUT2D eigenvalue weighted by atomic mass is 10.1.